The number of aromatic hydroxyl groups is 1. The molecular weight excluding hydrogens is 250 g/mol. The number of carbonyl (C=O) groups is 2. The lowest BCUT2D eigenvalue weighted by atomic mass is 10.1. The third kappa shape index (κ3) is 4.59. The molecule has 1 amide bonds. The number of carbonyl (C=O) groups excluding carboxylic acids is 1. The third-order valence-electron chi connectivity index (χ3n) is 2.68. The summed E-state index contributed by atoms with van der Waals surface area (Å²) in [5.74, 6) is -1.22. The van der Waals surface area contributed by atoms with Crippen molar-refractivity contribution in [2.24, 2.45) is 0 Å². The van der Waals surface area contributed by atoms with Crippen molar-refractivity contribution in [3.63, 3.8) is 0 Å². The lowest BCUT2D eigenvalue weighted by Crippen LogP contribution is -2.34. The summed E-state index contributed by atoms with van der Waals surface area (Å²) in [6.07, 6.45) is -0.746. The van der Waals surface area contributed by atoms with Crippen LogP contribution >= 0.6 is 0 Å². The number of methoxy groups -OCH3 is 1. The van der Waals surface area contributed by atoms with Gasteiger partial charge in [-0.1, -0.05) is 0 Å². The number of hydrogen-bond acceptors (Lipinski definition) is 4. The molecule has 1 rings (SSSR count). The van der Waals surface area contributed by atoms with E-state index in [1.807, 2.05) is 0 Å². The van der Waals surface area contributed by atoms with E-state index in [0.717, 1.165) is 0 Å². The molecule has 0 aromatic heterocycles. The van der Waals surface area contributed by atoms with Crippen molar-refractivity contribution < 1.29 is 24.5 Å². The summed E-state index contributed by atoms with van der Waals surface area (Å²) in [4.78, 5) is 22.4. The first-order chi connectivity index (χ1) is 8.93. The van der Waals surface area contributed by atoms with E-state index in [-0.39, 0.29) is 24.6 Å². The Labute approximate surface area is 111 Å². The van der Waals surface area contributed by atoms with Crippen molar-refractivity contribution in [3.05, 3.63) is 29.3 Å². The van der Waals surface area contributed by atoms with Crippen LogP contribution in [0.4, 0.5) is 0 Å². The fourth-order valence-corrected chi connectivity index (χ4v) is 1.64. The first kappa shape index (κ1) is 15.0. The summed E-state index contributed by atoms with van der Waals surface area (Å²) in [5.41, 5.74) is 1.08. The van der Waals surface area contributed by atoms with Crippen molar-refractivity contribution in [3.8, 4) is 5.75 Å². The van der Waals surface area contributed by atoms with Gasteiger partial charge in [0, 0.05) is 19.2 Å². The average Bonchev–Trinajstić information content (AvgIpc) is 2.33. The molecule has 1 aromatic rings. The van der Waals surface area contributed by atoms with Crippen molar-refractivity contribution in [1.82, 2.24) is 5.32 Å². The van der Waals surface area contributed by atoms with E-state index in [1.54, 1.807) is 6.92 Å². The normalized spacial score (nSPS) is 11.9. The van der Waals surface area contributed by atoms with Crippen LogP contribution in [0, 0.1) is 6.92 Å². The molecule has 0 saturated carbocycles. The number of hydrogen-bond donors (Lipinski definition) is 3. The van der Waals surface area contributed by atoms with Crippen molar-refractivity contribution in [2.75, 3.05) is 13.7 Å². The van der Waals surface area contributed by atoms with Gasteiger partial charge in [-0.05, 0) is 30.7 Å². The van der Waals surface area contributed by atoms with Crippen LogP contribution in [0.5, 0.6) is 5.75 Å². The number of aryl methyl sites for hydroxylation is 1. The maximum atomic E-state index is 11.9. The topological polar surface area (TPSA) is 95.9 Å². The van der Waals surface area contributed by atoms with E-state index in [9.17, 15) is 14.7 Å². The third-order valence-corrected chi connectivity index (χ3v) is 2.68. The fraction of sp³-hybridized carbons (Fsp3) is 0.385. The van der Waals surface area contributed by atoms with Gasteiger partial charge >= 0.3 is 5.97 Å². The van der Waals surface area contributed by atoms with Crippen LogP contribution in [0.15, 0.2) is 18.2 Å². The van der Waals surface area contributed by atoms with Crippen LogP contribution in [0.2, 0.25) is 0 Å². The lowest BCUT2D eigenvalue weighted by molar-refractivity contribution is -0.139. The Balaban J connectivity index is 2.61. The van der Waals surface area contributed by atoms with E-state index >= 15 is 0 Å². The molecule has 0 spiro atoms. The lowest BCUT2D eigenvalue weighted by Gasteiger charge is -2.14. The summed E-state index contributed by atoms with van der Waals surface area (Å²) >= 11 is 0. The number of carboxylic acids is 1. The number of nitrogens with one attached hydrogen (secondary N) is 1. The Bertz CT molecular complexity index is 472. The SMILES string of the molecule is COC(CNC(=O)c1ccc(O)cc1C)CC(=O)O. The fourth-order valence-electron chi connectivity index (χ4n) is 1.64. The standard InChI is InChI=1S/C13H17NO5/c1-8-5-9(15)3-4-11(8)13(18)14-7-10(19-2)6-12(16)17/h3-5,10,15H,6-7H2,1-2H3,(H,14,18)(H,16,17). The van der Waals surface area contributed by atoms with Gasteiger partial charge in [-0.15, -0.1) is 0 Å². The van der Waals surface area contributed by atoms with Gasteiger partial charge in [0.1, 0.15) is 5.75 Å². The number of phenols is 1. The van der Waals surface area contributed by atoms with Gasteiger partial charge in [0.25, 0.3) is 5.91 Å². The highest BCUT2D eigenvalue weighted by atomic mass is 16.5. The Morgan fingerprint density at radius 3 is 2.63 bits per heavy atom. The van der Waals surface area contributed by atoms with Crippen LogP contribution in [0.3, 0.4) is 0 Å². The molecule has 6 heteroatoms. The summed E-state index contributed by atoms with van der Waals surface area (Å²) in [6, 6.07) is 4.42. The summed E-state index contributed by atoms with van der Waals surface area (Å²) in [6.45, 7) is 1.82. The predicted molar refractivity (Wildman–Crippen MR) is 68.2 cm³/mol. The largest absolute Gasteiger partial charge is 0.508 e. The molecule has 104 valence electrons. The Morgan fingerprint density at radius 2 is 2.11 bits per heavy atom. The zero-order valence-electron chi connectivity index (χ0n) is 10.8. The first-order valence-electron chi connectivity index (χ1n) is 5.76. The second-order valence-electron chi connectivity index (χ2n) is 4.16. The number of benzene rings is 1. The van der Waals surface area contributed by atoms with Crippen molar-refractivity contribution >= 4 is 11.9 Å². The molecule has 0 saturated heterocycles. The molecule has 0 aliphatic carbocycles. The molecule has 1 aromatic carbocycles. The number of ether oxygens (including phenoxy) is 1. The van der Waals surface area contributed by atoms with E-state index < -0.39 is 12.1 Å². The van der Waals surface area contributed by atoms with Crippen LogP contribution in [0.1, 0.15) is 22.3 Å². The smallest absolute Gasteiger partial charge is 0.306 e. The monoisotopic (exact) mass is 267 g/mol. The highest BCUT2D eigenvalue weighted by molar-refractivity contribution is 5.95. The van der Waals surface area contributed by atoms with Crippen LogP contribution < -0.4 is 5.32 Å². The van der Waals surface area contributed by atoms with E-state index in [1.165, 1.54) is 25.3 Å². The van der Waals surface area contributed by atoms with Gasteiger partial charge in [-0.25, -0.2) is 0 Å². The van der Waals surface area contributed by atoms with Gasteiger partial charge < -0.3 is 20.3 Å². The molecule has 1 unspecified atom stereocenters. The first-order valence-corrected chi connectivity index (χ1v) is 5.76. The maximum Gasteiger partial charge on any atom is 0.306 e. The zero-order chi connectivity index (χ0) is 14.4. The minimum atomic E-state index is -0.984. The van der Waals surface area contributed by atoms with Gasteiger partial charge in [-0.2, -0.15) is 0 Å². The molecule has 0 aliphatic heterocycles. The molecule has 1 atom stereocenters. The Hall–Kier alpha value is -2.08. The van der Waals surface area contributed by atoms with Crippen molar-refractivity contribution in [2.45, 2.75) is 19.4 Å². The Morgan fingerprint density at radius 1 is 1.42 bits per heavy atom. The van der Waals surface area contributed by atoms with Crippen molar-refractivity contribution in [1.29, 1.82) is 0 Å². The van der Waals surface area contributed by atoms with Gasteiger partial charge in [0.2, 0.25) is 0 Å². The molecule has 0 aliphatic rings. The van der Waals surface area contributed by atoms with Gasteiger partial charge in [-0.3, -0.25) is 9.59 Å². The summed E-state index contributed by atoms with van der Waals surface area (Å²) in [7, 11) is 1.39. The number of aliphatic carboxylic acids is 1. The second-order valence-corrected chi connectivity index (χ2v) is 4.16. The molecule has 3 N–H and O–H groups in total. The van der Waals surface area contributed by atoms with Crippen LogP contribution in [0.25, 0.3) is 0 Å². The van der Waals surface area contributed by atoms with Crippen LogP contribution in [-0.2, 0) is 9.53 Å². The van der Waals surface area contributed by atoms with E-state index in [0.29, 0.717) is 11.1 Å². The number of phenolic OH excluding ortho intramolecular Hbond substituents is 1. The number of amides is 1. The number of carboxylic acid groups (broad SMARTS) is 1. The highest BCUT2D eigenvalue weighted by Crippen LogP contribution is 2.15. The molecule has 0 bridgehead atoms. The summed E-state index contributed by atoms with van der Waals surface area (Å²) in [5, 5.41) is 20.5. The predicted octanol–water partition coefficient (Wildman–Crippen LogP) is 0.920. The molecule has 6 nitrogen and oxygen atoms in total. The van der Waals surface area contributed by atoms with Gasteiger partial charge in [0.05, 0.1) is 12.5 Å². The minimum absolute atomic E-state index is 0.0923. The molecule has 0 radical (unpaired) electrons. The highest BCUT2D eigenvalue weighted by Gasteiger charge is 2.15. The average molecular weight is 267 g/mol. The van der Waals surface area contributed by atoms with E-state index in [4.69, 9.17) is 9.84 Å². The Kier molecular flexibility index (Phi) is 5.32. The summed E-state index contributed by atoms with van der Waals surface area (Å²) < 4.78 is 4.96. The molecular formula is C13H17NO5. The zero-order valence-corrected chi connectivity index (χ0v) is 10.8. The maximum absolute atomic E-state index is 11.9. The molecule has 0 fully saturated rings. The van der Waals surface area contributed by atoms with Crippen LogP contribution in [-0.4, -0.2) is 41.8 Å². The van der Waals surface area contributed by atoms with Gasteiger partial charge in [0.15, 0.2) is 0 Å². The second kappa shape index (κ2) is 6.75. The quantitative estimate of drug-likeness (QED) is 0.712. The molecule has 19 heavy (non-hydrogen) atoms. The number of rotatable bonds is 6. The minimum Gasteiger partial charge on any atom is -0.508 e. The molecule has 0 heterocycles. The van der Waals surface area contributed by atoms with E-state index in [2.05, 4.69) is 5.32 Å².